The molecule has 29 heavy (non-hydrogen) atoms. The summed E-state index contributed by atoms with van der Waals surface area (Å²) in [5.74, 6) is -0.919. The zero-order valence-corrected chi connectivity index (χ0v) is 16.1. The van der Waals surface area contributed by atoms with E-state index in [0.29, 0.717) is 36.9 Å². The minimum Gasteiger partial charge on any atom is -0.338 e. The number of benzene rings is 2. The molecule has 4 amide bonds. The predicted molar refractivity (Wildman–Crippen MR) is 111 cm³/mol. The molecule has 2 aromatic rings. The lowest BCUT2D eigenvalue weighted by atomic mass is 10.0. The molecule has 2 aromatic carbocycles. The molecule has 0 fully saturated rings. The summed E-state index contributed by atoms with van der Waals surface area (Å²) in [5.41, 5.74) is 3.53. The number of hydrogen-bond acceptors (Lipinski definition) is 4. The van der Waals surface area contributed by atoms with E-state index in [1.165, 1.54) is 0 Å². The maximum absolute atomic E-state index is 12.7. The molecule has 0 heterocycles. The molecule has 152 valence electrons. The Morgan fingerprint density at radius 1 is 0.862 bits per heavy atom. The summed E-state index contributed by atoms with van der Waals surface area (Å²) in [4.78, 5) is 35.7. The highest BCUT2D eigenvalue weighted by molar-refractivity contribution is 6.27. The van der Waals surface area contributed by atoms with Crippen molar-refractivity contribution in [1.29, 1.82) is 0 Å². The van der Waals surface area contributed by atoms with Gasteiger partial charge in [0.15, 0.2) is 0 Å². The zero-order chi connectivity index (χ0) is 20.9. The third-order valence-corrected chi connectivity index (χ3v) is 4.16. The normalized spacial score (nSPS) is 10.9. The molecule has 0 aliphatic heterocycles. The standard InChI is InChI=1S/C22H25N3O4/c26-20(25-29)14-8-3-9-15-23-22(28)24-21(27)19(18-12-6-2-7-13-18)16-17-10-4-1-5-11-17/h1-2,4-7,10-13,16,29H,3,8-9,14-15H2,(H,25,26)(H2,23,24,27,28). The molecule has 0 radical (unpaired) electrons. The molecule has 0 atom stereocenters. The van der Waals surface area contributed by atoms with Gasteiger partial charge in [-0.25, -0.2) is 10.3 Å². The van der Waals surface area contributed by atoms with E-state index in [2.05, 4.69) is 10.6 Å². The first-order valence-electron chi connectivity index (χ1n) is 9.44. The lowest BCUT2D eigenvalue weighted by Gasteiger charge is -2.10. The van der Waals surface area contributed by atoms with Crippen molar-refractivity contribution in [3.63, 3.8) is 0 Å². The Morgan fingerprint density at radius 3 is 2.17 bits per heavy atom. The van der Waals surface area contributed by atoms with Gasteiger partial charge in [0.05, 0.1) is 0 Å². The second-order valence-electron chi connectivity index (χ2n) is 6.39. The van der Waals surface area contributed by atoms with Crippen molar-refractivity contribution in [3.05, 3.63) is 71.8 Å². The number of rotatable bonds is 9. The van der Waals surface area contributed by atoms with Crippen molar-refractivity contribution in [3.8, 4) is 0 Å². The Balaban J connectivity index is 1.90. The average molecular weight is 395 g/mol. The molecule has 0 saturated carbocycles. The third-order valence-electron chi connectivity index (χ3n) is 4.16. The number of hydrogen-bond donors (Lipinski definition) is 4. The lowest BCUT2D eigenvalue weighted by Crippen LogP contribution is -2.40. The van der Waals surface area contributed by atoms with Gasteiger partial charge in [-0.15, -0.1) is 0 Å². The zero-order valence-electron chi connectivity index (χ0n) is 16.1. The molecule has 0 aromatic heterocycles. The van der Waals surface area contributed by atoms with Crippen LogP contribution >= 0.6 is 0 Å². The Kier molecular flexibility index (Phi) is 9.11. The average Bonchev–Trinajstić information content (AvgIpc) is 2.75. The fourth-order valence-corrected chi connectivity index (χ4v) is 2.67. The summed E-state index contributed by atoms with van der Waals surface area (Å²) in [6.45, 7) is 0.378. The van der Waals surface area contributed by atoms with E-state index in [1.54, 1.807) is 11.6 Å². The van der Waals surface area contributed by atoms with Crippen LogP contribution in [0.1, 0.15) is 36.8 Å². The fourth-order valence-electron chi connectivity index (χ4n) is 2.67. The number of carbonyl (C=O) groups excluding carboxylic acids is 3. The first-order chi connectivity index (χ1) is 14.1. The van der Waals surface area contributed by atoms with Gasteiger partial charge in [-0.3, -0.25) is 20.1 Å². The summed E-state index contributed by atoms with van der Waals surface area (Å²) >= 11 is 0. The molecule has 2 rings (SSSR count). The highest BCUT2D eigenvalue weighted by atomic mass is 16.5. The summed E-state index contributed by atoms with van der Waals surface area (Å²) < 4.78 is 0. The molecular weight excluding hydrogens is 370 g/mol. The van der Waals surface area contributed by atoms with Crippen molar-refractivity contribution in [2.75, 3.05) is 6.54 Å². The first kappa shape index (κ1) is 21.8. The van der Waals surface area contributed by atoms with E-state index in [9.17, 15) is 14.4 Å². The molecule has 7 nitrogen and oxygen atoms in total. The maximum atomic E-state index is 12.7. The second kappa shape index (κ2) is 12.1. The summed E-state index contributed by atoms with van der Waals surface area (Å²) in [6.07, 6.45) is 3.94. The maximum Gasteiger partial charge on any atom is 0.321 e. The van der Waals surface area contributed by atoms with Crippen molar-refractivity contribution < 1.29 is 19.6 Å². The first-order valence-corrected chi connectivity index (χ1v) is 9.44. The monoisotopic (exact) mass is 395 g/mol. The van der Waals surface area contributed by atoms with Gasteiger partial charge in [-0.1, -0.05) is 67.1 Å². The van der Waals surface area contributed by atoms with E-state index in [4.69, 9.17) is 5.21 Å². The smallest absolute Gasteiger partial charge is 0.321 e. The van der Waals surface area contributed by atoms with Crippen LogP contribution in [0.5, 0.6) is 0 Å². The van der Waals surface area contributed by atoms with Gasteiger partial charge in [-0.05, 0) is 30.0 Å². The quantitative estimate of drug-likeness (QED) is 0.172. The lowest BCUT2D eigenvalue weighted by molar-refractivity contribution is -0.129. The molecule has 0 aliphatic rings. The van der Waals surface area contributed by atoms with Gasteiger partial charge in [0, 0.05) is 18.5 Å². The molecule has 7 heteroatoms. The fraction of sp³-hybridized carbons (Fsp3) is 0.227. The van der Waals surface area contributed by atoms with Crippen LogP contribution in [-0.2, 0) is 9.59 Å². The highest BCUT2D eigenvalue weighted by Gasteiger charge is 2.15. The molecule has 0 saturated heterocycles. The minimum atomic E-state index is -0.571. The molecule has 0 spiro atoms. The van der Waals surface area contributed by atoms with Crippen molar-refractivity contribution in [2.45, 2.75) is 25.7 Å². The molecule has 4 N–H and O–H groups in total. The molecular formula is C22H25N3O4. The molecule has 0 unspecified atom stereocenters. The summed E-state index contributed by atoms with van der Waals surface area (Å²) in [7, 11) is 0. The predicted octanol–water partition coefficient (Wildman–Crippen LogP) is 3.12. The number of carbonyl (C=O) groups is 3. The van der Waals surface area contributed by atoms with E-state index < -0.39 is 17.8 Å². The SMILES string of the molecule is O=C(CCCCCNC(=O)NC(=O)C(=Cc1ccccc1)c1ccccc1)NO. The number of imide groups is 1. The number of hydroxylamine groups is 1. The number of amides is 4. The summed E-state index contributed by atoms with van der Waals surface area (Å²) in [6, 6.07) is 18.0. The highest BCUT2D eigenvalue weighted by Crippen LogP contribution is 2.18. The molecule has 0 aliphatic carbocycles. The largest absolute Gasteiger partial charge is 0.338 e. The van der Waals surface area contributed by atoms with Crippen LogP contribution in [-0.4, -0.2) is 29.6 Å². The number of unbranched alkanes of at least 4 members (excludes halogenated alkanes) is 2. The Hall–Kier alpha value is -3.45. The van der Waals surface area contributed by atoms with Gasteiger partial charge in [0.2, 0.25) is 5.91 Å². The van der Waals surface area contributed by atoms with Gasteiger partial charge in [0.1, 0.15) is 0 Å². The number of urea groups is 1. The van der Waals surface area contributed by atoms with Crippen molar-refractivity contribution >= 4 is 29.5 Å². The van der Waals surface area contributed by atoms with Gasteiger partial charge in [-0.2, -0.15) is 0 Å². The Morgan fingerprint density at radius 2 is 1.52 bits per heavy atom. The topological polar surface area (TPSA) is 108 Å². The minimum absolute atomic E-state index is 0.228. The van der Waals surface area contributed by atoms with Crippen LogP contribution < -0.4 is 16.1 Å². The van der Waals surface area contributed by atoms with Crippen LogP contribution in [0.2, 0.25) is 0 Å². The van der Waals surface area contributed by atoms with Gasteiger partial charge >= 0.3 is 6.03 Å². The van der Waals surface area contributed by atoms with Crippen LogP contribution in [0.25, 0.3) is 11.6 Å². The van der Waals surface area contributed by atoms with Crippen LogP contribution in [0.3, 0.4) is 0 Å². The van der Waals surface area contributed by atoms with Crippen LogP contribution in [0.4, 0.5) is 4.79 Å². The van der Waals surface area contributed by atoms with E-state index in [0.717, 1.165) is 5.56 Å². The van der Waals surface area contributed by atoms with E-state index in [-0.39, 0.29) is 6.42 Å². The number of nitrogens with one attached hydrogen (secondary N) is 3. The van der Waals surface area contributed by atoms with Gasteiger partial charge in [0.25, 0.3) is 5.91 Å². The molecule has 0 bridgehead atoms. The van der Waals surface area contributed by atoms with Crippen molar-refractivity contribution in [2.24, 2.45) is 0 Å². The van der Waals surface area contributed by atoms with E-state index >= 15 is 0 Å². The third kappa shape index (κ3) is 7.98. The van der Waals surface area contributed by atoms with Crippen molar-refractivity contribution in [1.82, 2.24) is 16.1 Å². The summed E-state index contributed by atoms with van der Waals surface area (Å²) in [5, 5.41) is 13.4. The van der Waals surface area contributed by atoms with Crippen LogP contribution in [0, 0.1) is 0 Å². The van der Waals surface area contributed by atoms with Gasteiger partial charge < -0.3 is 5.32 Å². The van der Waals surface area contributed by atoms with Crippen LogP contribution in [0.15, 0.2) is 60.7 Å². The Bertz CT molecular complexity index is 836. The Labute approximate surface area is 169 Å². The second-order valence-corrected chi connectivity index (χ2v) is 6.39. The van der Waals surface area contributed by atoms with E-state index in [1.807, 2.05) is 60.7 Å².